The fourth-order valence-corrected chi connectivity index (χ4v) is 2.15. The van der Waals surface area contributed by atoms with Gasteiger partial charge in [0.1, 0.15) is 0 Å². The average molecular weight is 311 g/mol. The van der Waals surface area contributed by atoms with Gasteiger partial charge in [-0.3, -0.25) is 4.79 Å². The lowest BCUT2D eigenvalue weighted by molar-refractivity contribution is -0.116. The molecule has 0 saturated heterocycles. The summed E-state index contributed by atoms with van der Waals surface area (Å²) in [6.45, 7) is 4.23. The van der Waals surface area contributed by atoms with E-state index < -0.39 is 0 Å². The van der Waals surface area contributed by atoms with E-state index in [1.54, 1.807) is 12.1 Å². The molecular weight excluding hydrogens is 290 g/mol. The fraction of sp³-hybridized carbons (Fsp3) is 0.222. The van der Waals surface area contributed by atoms with Gasteiger partial charge in [0, 0.05) is 24.3 Å². The molecule has 0 bridgehead atoms. The molecule has 0 radical (unpaired) electrons. The first-order valence-corrected chi connectivity index (χ1v) is 7.51. The maximum atomic E-state index is 11.9. The highest BCUT2D eigenvalue weighted by Gasteiger charge is 2.06. The molecule has 0 atom stereocenters. The quantitative estimate of drug-likeness (QED) is 0.791. The molecule has 0 aliphatic rings. The lowest BCUT2D eigenvalue weighted by Crippen LogP contribution is -2.31. The molecule has 3 N–H and O–H groups in total. The molecule has 2 aromatic rings. The highest BCUT2D eigenvalue weighted by Crippen LogP contribution is 2.16. The van der Waals surface area contributed by atoms with Crippen molar-refractivity contribution in [3.8, 4) is 0 Å². The Morgan fingerprint density at radius 2 is 1.70 bits per heavy atom. The minimum atomic E-state index is -0.324. The molecule has 120 valence electrons. The van der Waals surface area contributed by atoms with Crippen LogP contribution in [0.1, 0.15) is 17.5 Å². The van der Waals surface area contributed by atoms with Gasteiger partial charge < -0.3 is 16.0 Å². The van der Waals surface area contributed by atoms with Crippen LogP contribution in [0.3, 0.4) is 0 Å². The molecule has 0 aliphatic heterocycles. The average Bonchev–Trinajstić information content (AvgIpc) is 2.51. The zero-order valence-corrected chi connectivity index (χ0v) is 13.3. The standard InChI is InChI=1S/C18H21N3O2/c1-13-8-9-16(14(2)12-13)21-17(22)10-11-19-18(23)20-15-6-4-3-5-7-15/h3-9,12H,10-11H2,1-2H3,(H,21,22)(H2,19,20,23). The zero-order chi connectivity index (χ0) is 16.7. The second kappa shape index (κ2) is 7.98. The number of carbonyl (C=O) groups excluding carboxylic acids is 2. The molecule has 0 fully saturated rings. The highest BCUT2D eigenvalue weighted by molar-refractivity contribution is 5.93. The van der Waals surface area contributed by atoms with Gasteiger partial charge in [-0.05, 0) is 37.6 Å². The van der Waals surface area contributed by atoms with E-state index in [1.807, 2.05) is 50.2 Å². The molecule has 0 heterocycles. The number of benzene rings is 2. The first-order valence-electron chi connectivity index (χ1n) is 7.51. The van der Waals surface area contributed by atoms with E-state index in [9.17, 15) is 9.59 Å². The van der Waals surface area contributed by atoms with Gasteiger partial charge in [0.2, 0.25) is 5.91 Å². The number of rotatable bonds is 5. The molecular formula is C18H21N3O2. The molecule has 0 aromatic heterocycles. The lowest BCUT2D eigenvalue weighted by atomic mass is 10.1. The first-order chi connectivity index (χ1) is 11.0. The summed E-state index contributed by atoms with van der Waals surface area (Å²) in [6, 6.07) is 14.7. The van der Waals surface area contributed by atoms with Crippen molar-refractivity contribution in [1.82, 2.24) is 5.32 Å². The van der Waals surface area contributed by atoms with Crippen LogP contribution < -0.4 is 16.0 Å². The van der Waals surface area contributed by atoms with Gasteiger partial charge in [0.25, 0.3) is 0 Å². The zero-order valence-electron chi connectivity index (χ0n) is 13.3. The second-order valence-corrected chi connectivity index (χ2v) is 5.36. The SMILES string of the molecule is Cc1ccc(NC(=O)CCNC(=O)Nc2ccccc2)c(C)c1. The Balaban J connectivity index is 1.73. The van der Waals surface area contributed by atoms with E-state index >= 15 is 0 Å². The lowest BCUT2D eigenvalue weighted by Gasteiger charge is -2.10. The van der Waals surface area contributed by atoms with Crippen LogP contribution in [0.5, 0.6) is 0 Å². The van der Waals surface area contributed by atoms with Gasteiger partial charge in [0.15, 0.2) is 0 Å². The third-order valence-corrected chi connectivity index (χ3v) is 3.33. The highest BCUT2D eigenvalue weighted by atomic mass is 16.2. The number of hydrogen-bond donors (Lipinski definition) is 3. The molecule has 0 spiro atoms. The van der Waals surface area contributed by atoms with Crippen LogP contribution in [-0.2, 0) is 4.79 Å². The van der Waals surface area contributed by atoms with Crippen LogP contribution in [0, 0.1) is 13.8 Å². The summed E-state index contributed by atoms with van der Waals surface area (Å²) in [6.07, 6.45) is 0.218. The summed E-state index contributed by atoms with van der Waals surface area (Å²) >= 11 is 0. The molecule has 0 aliphatic carbocycles. The minimum absolute atomic E-state index is 0.128. The van der Waals surface area contributed by atoms with Gasteiger partial charge >= 0.3 is 6.03 Å². The Labute approximate surface area is 136 Å². The Morgan fingerprint density at radius 3 is 2.39 bits per heavy atom. The van der Waals surface area contributed by atoms with Gasteiger partial charge in [-0.25, -0.2) is 4.79 Å². The third-order valence-electron chi connectivity index (χ3n) is 3.33. The first kappa shape index (κ1) is 16.5. The van der Waals surface area contributed by atoms with Crippen molar-refractivity contribution >= 4 is 23.3 Å². The summed E-state index contributed by atoms with van der Waals surface area (Å²) in [5.74, 6) is -0.128. The Morgan fingerprint density at radius 1 is 0.957 bits per heavy atom. The van der Waals surface area contributed by atoms with Crippen molar-refractivity contribution in [2.45, 2.75) is 20.3 Å². The van der Waals surface area contributed by atoms with Crippen LogP contribution in [-0.4, -0.2) is 18.5 Å². The molecule has 2 rings (SSSR count). The summed E-state index contributed by atoms with van der Waals surface area (Å²) < 4.78 is 0. The number of aryl methyl sites for hydroxylation is 2. The summed E-state index contributed by atoms with van der Waals surface area (Å²) in [5.41, 5.74) is 3.69. The van der Waals surface area contributed by atoms with Crippen molar-refractivity contribution in [3.63, 3.8) is 0 Å². The van der Waals surface area contributed by atoms with Crippen molar-refractivity contribution in [1.29, 1.82) is 0 Å². The van der Waals surface area contributed by atoms with E-state index in [1.165, 1.54) is 0 Å². The molecule has 5 nitrogen and oxygen atoms in total. The number of para-hydroxylation sites is 1. The van der Waals surface area contributed by atoms with E-state index in [0.717, 1.165) is 16.8 Å². The maximum absolute atomic E-state index is 11.9. The Bertz CT molecular complexity index is 684. The van der Waals surface area contributed by atoms with Crippen LogP contribution >= 0.6 is 0 Å². The summed E-state index contributed by atoms with van der Waals surface area (Å²) in [4.78, 5) is 23.6. The van der Waals surface area contributed by atoms with E-state index in [2.05, 4.69) is 16.0 Å². The fourth-order valence-electron chi connectivity index (χ4n) is 2.15. The van der Waals surface area contributed by atoms with Crippen molar-refractivity contribution in [2.75, 3.05) is 17.2 Å². The summed E-state index contributed by atoms with van der Waals surface area (Å²) in [5, 5.41) is 8.21. The van der Waals surface area contributed by atoms with Crippen molar-refractivity contribution < 1.29 is 9.59 Å². The largest absolute Gasteiger partial charge is 0.337 e. The molecule has 5 heteroatoms. The van der Waals surface area contributed by atoms with Gasteiger partial charge in [-0.2, -0.15) is 0 Å². The Hall–Kier alpha value is -2.82. The predicted molar refractivity (Wildman–Crippen MR) is 92.6 cm³/mol. The molecule has 0 saturated carbocycles. The number of nitrogens with one attached hydrogen (secondary N) is 3. The maximum Gasteiger partial charge on any atom is 0.319 e. The van der Waals surface area contributed by atoms with Crippen LogP contribution in [0.25, 0.3) is 0 Å². The molecule has 23 heavy (non-hydrogen) atoms. The minimum Gasteiger partial charge on any atom is -0.337 e. The molecule has 3 amide bonds. The Kier molecular flexibility index (Phi) is 5.74. The second-order valence-electron chi connectivity index (χ2n) is 5.36. The smallest absolute Gasteiger partial charge is 0.319 e. The monoisotopic (exact) mass is 311 g/mol. The van der Waals surface area contributed by atoms with Gasteiger partial charge in [-0.15, -0.1) is 0 Å². The van der Waals surface area contributed by atoms with E-state index in [0.29, 0.717) is 5.69 Å². The van der Waals surface area contributed by atoms with Crippen molar-refractivity contribution in [2.24, 2.45) is 0 Å². The van der Waals surface area contributed by atoms with Crippen LogP contribution in [0.15, 0.2) is 48.5 Å². The van der Waals surface area contributed by atoms with Crippen molar-refractivity contribution in [3.05, 3.63) is 59.7 Å². The number of anilines is 2. The third kappa shape index (κ3) is 5.47. The van der Waals surface area contributed by atoms with Gasteiger partial charge in [0.05, 0.1) is 0 Å². The molecule has 0 unspecified atom stereocenters. The summed E-state index contributed by atoms with van der Waals surface area (Å²) in [7, 11) is 0. The number of hydrogen-bond acceptors (Lipinski definition) is 2. The van der Waals surface area contributed by atoms with Crippen LogP contribution in [0.2, 0.25) is 0 Å². The van der Waals surface area contributed by atoms with E-state index in [4.69, 9.17) is 0 Å². The van der Waals surface area contributed by atoms with Gasteiger partial charge in [-0.1, -0.05) is 35.9 Å². The normalized spacial score (nSPS) is 10.0. The predicted octanol–water partition coefficient (Wildman–Crippen LogP) is 3.45. The van der Waals surface area contributed by atoms with E-state index in [-0.39, 0.29) is 24.9 Å². The number of amides is 3. The molecule has 2 aromatic carbocycles. The van der Waals surface area contributed by atoms with Crippen LogP contribution in [0.4, 0.5) is 16.2 Å². The number of carbonyl (C=O) groups is 2. The number of urea groups is 1. The topological polar surface area (TPSA) is 70.2 Å².